The summed E-state index contributed by atoms with van der Waals surface area (Å²) in [5, 5.41) is 0. The van der Waals surface area contributed by atoms with Crippen LogP contribution in [-0.2, 0) is 0 Å². The van der Waals surface area contributed by atoms with Crippen LogP contribution in [0.3, 0.4) is 0 Å². The molecule has 4 nitrogen and oxygen atoms in total. The molecule has 68 valence electrons. The summed E-state index contributed by atoms with van der Waals surface area (Å²) in [5.74, 6) is 0. The van der Waals surface area contributed by atoms with Crippen LogP contribution in [0.5, 0.6) is 0 Å². The molecule has 4 N–H and O–H groups in total. The Labute approximate surface area is 74.8 Å². The van der Waals surface area contributed by atoms with Crippen LogP contribution in [0.2, 0.25) is 0 Å². The molecule has 0 aliphatic heterocycles. The van der Waals surface area contributed by atoms with Gasteiger partial charge in [-0.2, -0.15) is 0 Å². The number of hydrogen-bond donors (Lipinski definition) is 3. The Morgan fingerprint density at radius 3 is 2.69 bits per heavy atom. The van der Waals surface area contributed by atoms with Gasteiger partial charge >= 0.3 is 5.69 Å². The number of H-pyrrole nitrogens is 2. The molecule has 0 saturated heterocycles. The maximum atomic E-state index is 10.9. The zero-order valence-corrected chi connectivity index (χ0v) is 7.29. The molecule has 0 spiro atoms. The SMILES string of the molecule is C[C@H](N)c1ccc2[nH]c(=O)[nH]c2c1. The average molecular weight is 177 g/mol. The Bertz CT molecular complexity index is 481. The number of imidazole rings is 1. The molecule has 2 aromatic rings. The lowest BCUT2D eigenvalue weighted by molar-refractivity contribution is 0.819. The summed E-state index contributed by atoms with van der Waals surface area (Å²) in [5.41, 5.74) is 8.16. The highest BCUT2D eigenvalue weighted by atomic mass is 16.1. The van der Waals surface area contributed by atoms with Gasteiger partial charge in [0.2, 0.25) is 0 Å². The Morgan fingerprint density at radius 2 is 2.00 bits per heavy atom. The van der Waals surface area contributed by atoms with E-state index in [2.05, 4.69) is 9.97 Å². The predicted octanol–water partition coefficient (Wildman–Crippen LogP) is 0.876. The van der Waals surface area contributed by atoms with Crippen LogP contribution in [0.25, 0.3) is 11.0 Å². The molecule has 1 atom stereocenters. The third kappa shape index (κ3) is 1.36. The van der Waals surface area contributed by atoms with Gasteiger partial charge in [0, 0.05) is 6.04 Å². The normalized spacial score (nSPS) is 13.4. The smallest absolute Gasteiger partial charge is 0.323 e. The zero-order valence-electron chi connectivity index (χ0n) is 7.29. The molecule has 0 saturated carbocycles. The van der Waals surface area contributed by atoms with Crippen LogP contribution < -0.4 is 11.4 Å². The average Bonchev–Trinajstić information content (AvgIpc) is 2.42. The fourth-order valence-corrected chi connectivity index (χ4v) is 1.33. The van der Waals surface area contributed by atoms with Gasteiger partial charge in [0.1, 0.15) is 0 Å². The van der Waals surface area contributed by atoms with Gasteiger partial charge in [-0.3, -0.25) is 0 Å². The lowest BCUT2D eigenvalue weighted by Gasteiger charge is -2.03. The van der Waals surface area contributed by atoms with Gasteiger partial charge in [0.25, 0.3) is 0 Å². The maximum Gasteiger partial charge on any atom is 0.323 e. The fraction of sp³-hybridized carbons (Fsp3) is 0.222. The van der Waals surface area contributed by atoms with Crippen LogP contribution in [0, 0.1) is 0 Å². The summed E-state index contributed by atoms with van der Waals surface area (Å²) in [6, 6.07) is 5.64. The molecule has 0 fully saturated rings. The molecule has 0 aliphatic rings. The van der Waals surface area contributed by atoms with Crippen LogP contribution in [0.1, 0.15) is 18.5 Å². The predicted molar refractivity (Wildman–Crippen MR) is 51.5 cm³/mol. The lowest BCUT2D eigenvalue weighted by atomic mass is 10.1. The van der Waals surface area contributed by atoms with Gasteiger partial charge < -0.3 is 15.7 Å². The standard InChI is InChI=1S/C9H11N3O/c1-5(10)6-2-3-7-8(4-6)12-9(13)11-7/h2-5H,10H2,1H3,(H2,11,12,13)/t5-/m0/s1. The van der Waals surface area contributed by atoms with E-state index in [-0.39, 0.29) is 11.7 Å². The van der Waals surface area contributed by atoms with Gasteiger partial charge in [-0.25, -0.2) is 4.79 Å². The third-order valence-corrected chi connectivity index (χ3v) is 2.07. The molecule has 0 radical (unpaired) electrons. The molecule has 0 bridgehead atoms. The summed E-state index contributed by atoms with van der Waals surface area (Å²) in [6.45, 7) is 1.91. The third-order valence-electron chi connectivity index (χ3n) is 2.07. The van der Waals surface area contributed by atoms with E-state index in [0.717, 1.165) is 16.6 Å². The van der Waals surface area contributed by atoms with Crippen molar-refractivity contribution in [3.05, 3.63) is 34.2 Å². The van der Waals surface area contributed by atoms with Crippen molar-refractivity contribution in [3.63, 3.8) is 0 Å². The molecule has 1 heterocycles. The highest BCUT2D eigenvalue weighted by Crippen LogP contribution is 2.14. The van der Waals surface area contributed by atoms with E-state index < -0.39 is 0 Å². The van der Waals surface area contributed by atoms with Crippen molar-refractivity contribution >= 4 is 11.0 Å². The molecule has 1 aromatic heterocycles. The number of aromatic amines is 2. The highest BCUT2D eigenvalue weighted by Gasteiger charge is 2.02. The van der Waals surface area contributed by atoms with Crippen molar-refractivity contribution in [1.29, 1.82) is 0 Å². The first kappa shape index (κ1) is 8.07. The summed E-state index contributed by atoms with van der Waals surface area (Å²) < 4.78 is 0. The monoisotopic (exact) mass is 177 g/mol. The Hall–Kier alpha value is -1.55. The number of nitrogens with two attached hydrogens (primary N) is 1. The zero-order chi connectivity index (χ0) is 9.42. The second-order valence-corrected chi connectivity index (χ2v) is 3.17. The Balaban J connectivity index is 2.68. The van der Waals surface area contributed by atoms with Gasteiger partial charge in [-0.05, 0) is 24.6 Å². The van der Waals surface area contributed by atoms with Crippen LogP contribution in [0.15, 0.2) is 23.0 Å². The lowest BCUT2D eigenvalue weighted by Crippen LogP contribution is -2.04. The van der Waals surface area contributed by atoms with Crippen molar-refractivity contribution in [2.24, 2.45) is 5.73 Å². The molecule has 1 aromatic carbocycles. The minimum Gasteiger partial charge on any atom is -0.324 e. The first-order valence-electron chi connectivity index (χ1n) is 4.14. The number of aromatic nitrogens is 2. The van der Waals surface area contributed by atoms with Crippen molar-refractivity contribution in [2.45, 2.75) is 13.0 Å². The largest absolute Gasteiger partial charge is 0.324 e. The topological polar surface area (TPSA) is 74.7 Å². The number of hydrogen-bond acceptors (Lipinski definition) is 2. The minimum absolute atomic E-state index is 0.0113. The van der Waals surface area contributed by atoms with Crippen LogP contribution >= 0.6 is 0 Å². The van der Waals surface area contributed by atoms with E-state index in [0.29, 0.717) is 0 Å². The van der Waals surface area contributed by atoms with E-state index >= 15 is 0 Å². The van der Waals surface area contributed by atoms with E-state index in [1.807, 2.05) is 25.1 Å². The summed E-state index contributed by atoms with van der Waals surface area (Å²) >= 11 is 0. The molecule has 2 rings (SSSR count). The Morgan fingerprint density at radius 1 is 1.31 bits per heavy atom. The maximum absolute atomic E-state index is 10.9. The summed E-state index contributed by atoms with van der Waals surface area (Å²) in [4.78, 5) is 16.3. The van der Waals surface area contributed by atoms with Crippen LogP contribution in [-0.4, -0.2) is 9.97 Å². The van der Waals surface area contributed by atoms with E-state index in [4.69, 9.17) is 5.73 Å². The van der Waals surface area contributed by atoms with Gasteiger partial charge in [0.05, 0.1) is 11.0 Å². The van der Waals surface area contributed by atoms with Crippen molar-refractivity contribution in [2.75, 3.05) is 0 Å². The van der Waals surface area contributed by atoms with Crippen LogP contribution in [0.4, 0.5) is 0 Å². The highest BCUT2D eigenvalue weighted by molar-refractivity contribution is 5.75. The van der Waals surface area contributed by atoms with Crippen molar-refractivity contribution < 1.29 is 0 Å². The molecule has 0 aliphatic carbocycles. The second-order valence-electron chi connectivity index (χ2n) is 3.17. The van der Waals surface area contributed by atoms with Gasteiger partial charge in [-0.15, -0.1) is 0 Å². The molecule has 4 heteroatoms. The van der Waals surface area contributed by atoms with Gasteiger partial charge in [0.15, 0.2) is 0 Å². The first-order valence-corrected chi connectivity index (χ1v) is 4.14. The minimum atomic E-state index is -0.183. The van der Waals surface area contributed by atoms with Crippen molar-refractivity contribution in [1.82, 2.24) is 9.97 Å². The number of nitrogens with one attached hydrogen (secondary N) is 2. The Kier molecular flexibility index (Phi) is 1.70. The summed E-state index contributed by atoms with van der Waals surface area (Å²) in [6.07, 6.45) is 0. The number of rotatable bonds is 1. The quantitative estimate of drug-likeness (QED) is 0.604. The molecule has 13 heavy (non-hydrogen) atoms. The summed E-state index contributed by atoms with van der Waals surface area (Å²) in [7, 11) is 0. The van der Waals surface area contributed by atoms with E-state index in [1.165, 1.54) is 0 Å². The molecular formula is C9H11N3O. The second kappa shape index (κ2) is 2.74. The van der Waals surface area contributed by atoms with Crippen molar-refractivity contribution in [3.8, 4) is 0 Å². The van der Waals surface area contributed by atoms with E-state index in [1.54, 1.807) is 0 Å². The van der Waals surface area contributed by atoms with E-state index in [9.17, 15) is 4.79 Å². The molecular weight excluding hydrogens is 166 g/mol. The number of benzene rings is 1. The molecule has 0 amide bonds. The fourth-order valence-electron chi connectivity index (χ4n) is 1.33. The van der Waals surface area contributed by atoms with Gasteiger partial charge in [-0.1, -0.05) is 6.07 Å². The number of fused-ring (bicyclic) bond motifs is 1. The molecule has 0 unspecified atom stereocenters. The first-order chi connectivity index (χ1) is 6.16.